The lowest BCUT2D eigenvalue weighted by Gasteiger charge is -2.39. The first-order valence-corrected chi connectivity index (χ1v) is 6.02. The van der Waals surface area contributed by atoms with Gasteiger partial charge < -0.3 is 9.84 Å². The van der Waals surface area contributed by atoms with Gasteiger partial charge in [0.25, 0.3) is 0 Å². The normalized spacial score (nSPS) is 18.2. The smallest absolute Gasteiger partial charge is 0.396 e. The van der Waals surface area contributed by atoms with Crippen LogP contribution in [0.15, 0.2) is 18.5 Å². The Morgan fingerprint density at radius 3 is 2.70 bits per heavy atom. The Bertz CT molecular complexity index is 629. The summed E-state index contributed by atoms with van der Waals surface area (Å²) in [5, 5.41) is 13.0. The Kier molecular flexibility index (Phi) is 2.94. The highest BCUT2D eigenvalue weighted by Crippen LogP contribution is 2.35. The van der Waals surface area contributed by atoms with Gasteiger partial charge in [-0.15, -0.1) is 0 Å². The van der Waals surface area contributed by atoms with Crippen LogP contribution in [0, 0.1) is 5.41 Å². The molecule has 2 aromatic rings. The van der Waals surface area contributed by atoms with Gasteiger partial charge in [0.15, 0.2) is 5.69 Å². The molecule has 0 aliphatic carbocycles. The van der Waals surface area contributed by atoms with Crippen molar-refractivity contribution in [1.82, 2.24) is 14.8 Å². The molecular weight excluding hydrogens is 275 g/mol. The molecule has 1 fully saturated rings. The summed E-state index contributed by atoms with van der Waals surface area (Å²) in [7, 11) is 0. The van der Waals surface area contributed by atoms with Gasteiger partial charge in [-0.25, -0.2) is 0 Å². The van der Waals surface area contributed by atoms with Crippen molar-refractivity contribution in [3.63, 3.8) is 0 Å². The molecule has 5 nitrogen and oxygen atoms in total. The number of aliphatic hydroxyl groups excluding tert-OH is 1. The van der Waals surface area contributed by atoms with E-state index < -0.39 is 17.3 Å². The zero-order chi connectivity index (χ0) is 14.4. The van der Waals surface area contributed by atoms with Gasteiger partial charge in [0.05, 0.1) is 42.7 Å². The van der Waals surface area contributed by atoms with Crippen molar-refractivity contribution in [2.75, 3.05) is 19.8 Å². The molecular formula is C12H12F3N3O2. The van der Waals surface area contributed by atoms with E-state index in [-0.39, 0.29) is 18.5 Å². The van der Waals surface area contributed by atoms with Crippen LogP contribution in [0.5, 0.6) is 0 Å². The van der Waals surface area contributed by atoms with E-state index in [0.29, 0.717) is 18.7 Å². The Hall–Kier alpha value is -1.67. The summed E-state index contributed by atoms with van der Waals surface area (Å²) in [5.41, 5.74) is -1.15. The topological polar surface area (TPSA) is 60.2 Å². The van der Waals surface area contributed by atoms with E-state index >= 15 is 0 Å². The zero-order valence-corrected chi connectivity index (χ0v) is 10.4. The second kappa shape index (κ2) is 4.42. The Labute approximate surface area is 112 Å². The van der Waals surface area contributed by atoms with E-state index in [9.17, 15) is 18.3 Å². The largest absolute Gasteiger partial charge is 0.435 e. The Balaban J connectivity index is 2.07. The van der Waals surface area contributed by atoms with Crippen LogP contribution in [0.3, 0.4) is 0 Å². The van der Waals surface area contributed by atoms with Gasteiger partial charge in [-0.2, -0.15) is 18.3 Å². The van der Waals surface area contributed by atoms with E-state index in [1.807, 2.05) is 0 Å². The molecule has 1 saturated heterocycles. The SMILES string of the molecule is OCC1(Cn2nc(C(F)(F)F)c3cnccc32)COC1. The number of ether oxygens (including phenoxy) is 1. The molecule has 0 atom stereocenters. The van der Waals surface area contributed by atoms with E-state index in [1.165, 1.54) is 16.9 Å². The lowest BCUT2D eigenvalue weighted by Crippen LogP contribution is -2.48. The monoisotopic (exact) mass is 287 g/mol. The van der Waals surface area contributed by atoms with Gasteiger partial charge >= 0.3 is 6.18 Å². The highest BCUT2D eigenvalue weighted by atomic mass is 19.4. The standard InChI is InChI=1S/C12H12F3N3O2/c13-12(14,15)10-8-3-16-2-1-9(8)18(17-10)4-11(5-19)6-20-7-11/h1-3,19H,4-7H2. The molecule has 108 valence electrons. The van der Waals surface area contributed by atoms with Crippen LogP contribution in [-0.2, 0) is 17.5 Å². The summed E-state index contributed by atoms with van der Waals surface area (Å²) < 4.78 is 45.2. The predicted octanol–water partition coefficient (Wildman–Crippen LogP) is 1.46. The Morgan fingerprint density at radius 2 is 2.15 bits per heavy atom. The third kappa shape index (κ3) is 2.04. The van der Waals surface area contributed by atoms with Crippen molar-refractivity contribution in [1.29, 1.82) is 0 Å². The van der Waals surface area contributed by atoms with Crippen LogP contribution < -0.4 is 0 Å². The minimum atomic E-state index is -4.53. The lowest BCUT2D eigenvalue weighted by atomic mass is 9.87. The van der Waals surface area contributed by atoms with Crippen molar-refractivity contribution in [2.24, 2.45) is 5.41 Å². The van der Waals surface area contributed by atoms with E-state index in [4.69, 9.17) is 4.74 Å². The number of fused-ring (bicyclic) bond motifs is 1. The maximum Gasteiger partial charge on any atom is 0.435 e. The molecule has 20 heavy (non-hydrogen) atoms. The quantitative estimate of drug-likeness (QED) is 0.928. The predicted molar refractivity (Wildman–Crippen MR) is 62.9 cm³/mol. The summed E-state index contributed by atoms with van der Waals surface area (Å²) in [6, 6.07) is 1.49. The number of rotatable bonds is 3. The third-order valence-corrected chi connectivity index (χ3v) is 3.46. The molecule has 0 aromatic carbocycles. The number of hydrogen-bond acceptors (Lipinski definition) is 4. The third-order valence-electron chi connectivity index (χ3n) is 3.46. The number of nitrogens with zero attached hydrogens (tertiary/aromatic N) is 3. The van der Waals surface area contributed by atoms with Crippen LogP contribution in [-0.4, -0.2) is 39.7 Å². The maximum absolute atomic E-state index is 13.0. The minimum Gasteiger partial charge on any atom is -0.396 e. The minimum absolute atomic E-state index is 0.0340. The van der Waals surface area contributed by atoms with Gasteiger partial charge in [0.2, 0.25) is 0 Å². The first kappa shape index (κ1) is 13.3. The van der Waals surface area contributed by atoms with Crippen molar-refractivity contribution >= 4 is 10.9 Å². The second-order valence-electron chi connectivity index (χ2n) is 5.05. The number of pyridine rings is 1. The molecule has 1 N–H and O–H groups in total. The maximum atomic E-state index is 13.0. The molecule has 0 saturated carbocycles. The summed E-state index contributed by atoms with van der Waals surface area (Å²) >= 11 is 0. The fourth-order valence-electron chi connectivity index (χ4n) is 2.29. The van der Waals surface area contributed by atoms with Crippen molar-refractivity contribution in [2.45, 2.75) is 12.7 Å². The number of halogens is 3. The molecule has 0 unspecified atom stereocenters. The molecule has 0 spiro atoms. The number of aromatic nitrogens is 3. The average Bonchev–Trinajstić information content (AvgIpc) is 2.73. The van der Waals surface area contributed by atoms with Crippen molar-refractivity contribution in [3.8, 4) is 0 Å². The van der Waals surface area contributed by atoms with Gasteiger partial charge in [0, 0.05) is 12.4 Å². The van der Waals surface area contributed by atoms with Crippen LogP contribution in [0.4, 0.5) is 13.2 Å². The van der Waals surface area contributed by atoms with Crippen LogP contribution >= 0.6 is 0 Å². The summed E-state index contributed by atoms with van der Waals surface area (Å²) in [4.78, 5) is 3.72. The highest BCUT2D eigenvalue weighted by Gasteiger charge is 2.41. The number of hydrogen-bond donors (Lipinski definition) is 1. The molecule has 3 rings (SSSR count). The molecule has 0 amide bonds. The molecule has 1 aliphatic rings. The van der Waals surface area contributed by atoms with Gasteiger partial charge in [-0.1, -0.05) is 0 Å². The first-order chi connectivity index (χ1) is 9.45. The molecule has 8 heteroatoms. The van der Waals surface area contributed by atoms with E-state index in [1.54, 1.807) is 0 Å². The summed E-state index contributed by atoms with van der Waals surface area (Å²) in [5.74, 6) is 0. The molecule has 1 aliphatic heterocycles. The molecule has 3 heterocycles. The molecule has 2 aromatic heterocycles. The van der Waals surface area contributed by atoms with Crippen LogP contribution in [0.2, 0.25) is 0 Å². The Morgan fingerprint density at radius 1 is 1.40 bits per heavy atom. The highest BCUT2D eigenvalue weighted by molar-refractivity contribution is 5.81. The van der Waals surface area contributed by atoms with Crippen molar-refractivity contribution < 1.29 is 23.0 Å². The van der Waals surface area contributed by atoms with Crippen LogP contribution in [0.25, 0.3) is 10.9 Å². The molecule has 0 bridgehead atoms. The van der Waals surface area contributed by atoms with Gasteiger partial charge in [-0.05, 0) is 6.07 Å². The van der Waals surface area contributed by atoms with Gasteiger partial charge in [-0.3, -0.25) is 9.67 Å². The molecule has 0 radical (unpaired) electrons. The average molecular weight is 287 g/mol. The lowest BCUT2D eigenvalue weighted by molar-refractivity contribution is -0.148. The van der Waals surface area contributed by atoms with E-state index in [0.717, 1.165) is 6.20 Å². The fourth-order valence-corrected chi connectivity index (χ4v) is 2.29. The van der Waals surface area contributed by atoms with E-state index in [2.05, 4.69) is 10.1 Å². The summed E-state index contributed by atoms with van der Waals surface area (Å²) in [6.45, 7) is 0.662. The number of aliphatic hydroxyl groups is 1. The zero-order valence-electron chi connectivity index (χ0n) is 10.4. The van der Waals surface area contributed by atoms with Crippen molar-refractivity contribution in [3.05, 3.63) is 24.2 Å². The fraction of sp³-hybridized carbons (Fsp3) is 0.500. The second-order valence-corrected chi connectivity index (χ2v) is 5.05. The van der Waals surface area contributed by atoms with Gasteiger partial charge in [0.1, 0.15) is 0 Å². The number of alkyl halides is 3. The first-order valence-electron chi connectivity index (χ1n) is 6.02. The summed E-state index contributed by atoms with van der Waals surface area (Å²) in [6.07, 6.45) is -1.96. The van der Waals surface area contributed by atoms with Crippen LogP contribution in [0.1, 0.15) is 5.69 Å².